The van der Waals surface area contributed by atoms with Crippen LogP contribution in [-0.4, -0.2) is 36.1 Å². The largest absolute Gasteiger partial charge is 0.466 e. The van der Waals surface area contributed by atoms with Crippen LogP contribution in [0.5, 0.6) is 5.75 Å². The van der Waals surface area contributed by atoms with Gasteiger partial charge in [-0.1, -0.05) is 41.7 Å². The number of allylic oxidation sites excluding steroid dienone is 1. The van der Waals surface area contributed by atoms with Crippen molar-refractivity contribution in [2.24, 2.45) is 4.99 Å². The Morgan fingerprint density at radius 3 is 2.46 bits per heavy atom. The fraction of sp³-hybridized carbons (Fsp3) is 0.167. The standard InChI is InChI=1S/C30H23N3O7S/c1-4-32-20-9-6-5-8-19(20)23(26(32)34)25-27(35)33-24(22(29(37)38-3)16(2)31-30(33)41-25)17-11-13-18(14-12-17)40-28(36)21-10-7-15-39-21/h5-15,24H,4H2,1-3H3/b25-23-. The van der Waals surface area contributed by atoms with Gasteiger partial charge >= 0.3 is 11.9 Å². The summed E-state index contributed by atoms with van der Waals surface area (Å²) in [7, 11) is 1.26. The molecule has 0 saturated heterocycles. The number of ether oxygens (including phenoxy) is 2. The molecule has 2 aliphatic rings. The van der Waals surface area contributed by atoms with Crippen LogP contribution < -0.4 is 24.5 Å². The van der Waals surface area contributed by atoms with E-state index in [2.05, 4.69) is 4.99 Å². The number of carbonyl (C=O) groups is 3. The van der Waals surface area contributed by atoms with Gasteiger partial charge in [0.15, 0.2) is 4.80 Å². The Kier molecular flexibility index (Phi) is 6.50. The number of para-hydroxylation sites is 1. The van der Waals surface area contributed by atoms with Crippen LogP contribution in [0.4, 0.5) is 5.69 Å². The van der Waals surface area contributed by atoms with E-state index < -0.39 is 23.5 Å². The molecule has 1 atom stereocenters. The molecule has 2 aromatic heterocycles. The van der Waals surface area contributed by atoms with E-state index >= 15 is 0 Å². The van der Waals surface area contributed by atoms with E-state index in [0.717, 1.165) is 17.0 Å². The fourth-order valence-electron chi connectivity index (χ4n) is 5.14. The highest BCUT2D eigenvalue weighted by Crippen LogP contribution is 2.35. The Balaban J connectivity index is 1.51. The number of carbonyl (C=O) groups excluding carboxylic acids is 3. The highest BCUT2D eigenvalue weighted by atomic mass is 32.1. The summed E-state index contributed by atoms with van der Waals surface area (Å²) >= 11 is 1.11. The third-order valence-corrected chi connectivity index (χ3v) is 8.05. The molecule has 2 aliphatic heterocycles. The van der Waals surface area contributed by atoms with Crippen LogP contribution in [0.2, 0.25) is 0 Å². The van der Waals surface area contributed by atoms with Crippen molar-refractivity contribution in [3.8, 4) is 5.75 Å². The van der Waals surface area contributed by atoms with E-state index in [4.69, 9.17) is 13.9 Å². The Morgan fingerprint density at radius 1 is 1.02 bits per heavy atom. The van der Waals surface area contributed by atoms with Crippen LogP contribution in [0.15, 0.2) is 92.4 Å². The van der Waals surface area contributed by atoms with Crippen LogP contribution in [0, 0.1) is 0 Å². The zero-order valence-corrected chi connectivity index (χ0v) is 23.1. The predicted octanol–water partition coefficient (Wildman–Crippen LogP) is 2.96. The third-order valence-electron chi connectivity index (χ3n) is 7.00. The second-order valence-corrected chi connectivity index (χ2v) is 10.2. The molecule has 1 amide bonds. The summed E-state index contributed by atoms with van der Waals surface area (Å²) in [5.74, 6) is -1.26. The van der Waals surface area contributed by atoms with Gasteiger partial charge in [-0.3, -0.25) is 14.2 Å². The van der Waals surface area contributed by atoms with Crippen LogP contribution in [-0.2, 0) is 14.3 Å². The van der Waals surface area contributed by atoms with Gasteiger partial charge in [-0.05, 0) is 49.7 Å². The minimum atomic E-state index is -0.892. The smallest absolute Gasteiger partial charge is 0.379 e. The number of amides is 1. The topological polar surface area (TPSA) is 120 Å². The highest BCUT2D eigenvalue weighted by Gasteiger charge is 2.36. The third kappa shape index (κ3) is 4.21. The lowest BCUT2D eigenvalue weighted by Gasteiger charge is -2.24. The van der Waals surface area contributed by atoms with Crippen molar-refractivity contribution in [1.29, 1.82) is 0 Å². The average molecular weight is 570 g/mol. The van der Waals surface area contributed by atoms with E-state index in [-0.39, 0.29) is 27.5 Å². The Bertz CT molecular complexity index is 1930. The molecule has 6 rings (SSSR count). The molecule has 0 radical (unpaired) electrons. The predicted molar refractivity (Wildman–Crippen MR) is 149 cm³/mol. The van der Waals surface area contributed by atoms with E-state index in [1.54, 1.807) is 42.2 Å². The van der Waals surface area contributed by atoms with Crippen molar-refractivity contribution >= 4 is 40.4 Å². The summed E-state index contributed by atoms with van der Waals surface area (Å²) in [6, 6.07) is 16.0. The lowest BCUT2D eigenvalue weighted by atomic mass is 9.96. The molecule has 0 saturated carbocycles. The number of hydrogen-bond acceptors (Lipinski definition) is 9. The summed E-state index contributed by atoms with van der Waals surface area (Å²) in [6.07, 6.45) is 1.37. The van der Waals surface area contributed by atoms with Gasteiger partial charge in [-0.15, -0.1) is 0 Å². The van der Waals surface area contributed by atoms with Gasteiger partial charge in [0.2, 0.25) is 5.76 Å². The zero-order chi connectivity index (χ0) is 28.8. The molecule has 41 heavy (non-hydrogen) atoms. The molecular weight excluding hydrogens is 546 g/mol. The molecule has 0 spiro atoms. The van der Waals surface area contributed by atoms with Crippen molar-refractivity contribution in [1.82, 2.24) is 4.57 Å². The van der Waals surface area contributed by atoms with Crippen LogP contribution in [0.3, 0.4) is 0 Å². The summed E-state index contributed by atoms with van der Waals surface area (Å²) in [5, 5.41) is 0. The summed E-state index contributed by atoms with van der Waals surface area (Å²) in [4.78, 5) is 59.4. The van der Waals surface area contributed by atoms with Gasteiger partial charge in [0.1, 0.15) is 10.3 Å². The highest BCUT2D eigenvalue weighted by molar-refractivity contribution is 7.07. The molecule has 4 aromatic rings. The molecule has 0 N–H and O–H groups in total. The van der Waals surface area contributed by atoms with Crippen LogP contribution in [0.1, 0.15) is 41.6 Å². The zero-order valence-electron chi connectivity index (χ0n) is 22.2. The maximum absolute atomic E-state index is 14.1. The van der Waals surface area contributed by atoms with Crippen LogP contribution in [0.25, 0.3) is 5.57 Å². The van der Waals surface area contributed by atoms with Crippen molar-refractivity contribution in [2.75, 3.05) is 18.6 Å². The van der Waals surface area contributed by atoms with Crippen molar-refractivity contribution in [3.63, 3.8) is 0 Å². The Labute approximate surface area is 237 Å². The molecule has 0 aliphatic carbocycles. The molecule has 0 fully saturated rings. The van der Waals surface area contributed by atoms with Gasteiger partial charge in [0.25, 0.3) is 11.5 Å². The molecule has 11 heteroatoms. The number of benzene rings is 2. The van der Waals surface area contributed by atoms with E-state index in [9.17, 15) is 19.2 Å². The van der Waals surface area contributed by atoms with Crippen molar-refractivity contribution < 1.29 is 28.3 Å². The monoisotopic (exact) mass is 569 g/mol. The maximum Gasteiger partial charge on any atom is 0.379 e. The number of likely N-dealkylation sites (N-methyl/N-ethyl adjacent to an activating group) is 1. The first-order valence-corrected chi connectivity index (χ1v) is 13.6. The number of fused-ring (bicyclic) bond motifs is 2. The number of nitrogens with zero attached hydrogens (tertiary/aromatic N) is 3. The number of anilines is 1. The van der Waals surface area contributed by atoms with Gasteiger partial charge in [-0.2, -0.15) is 0 Å². The van der Waals surface area contributed by atoms with Gasteiger partial charge in [-0.25, -0.2) is 14.6 Å². The summed E-state index contributed by atoms with van der Waals surface area (Å²) in [6.45, 7) is 4.00. The van der Waals surface area contributed by atoms with Gasteiger partial charge in [0, 0.05) is 12.1 Å². The Hall–Kier alpha value is -5.03. The summed E-state index contributed by atoms with van der Waals surface area (Å²) in [5.41, 5.74) is 2.41. The number of aromatic nitrogens is 1. The molecular formula is C30H23N3O7S. The minimum absolute atomic E-state index is 0.0543. The van der Waals surface area contributed by atoms with Crippen molar-refractivity contribution in [2.45, 2.75) is 19.9 Å². The van der Waals surface area contributed by atoms with E-state index in [1.165, 1.54) is 24.0 Å². The quantitative estimate of drug-likeness (QED) is 0.268. The fourth-order valence-corrected chi connectivity index (χ4v) is 6.28. The second kappa shape index (κ2) is 10.2. The number of hydrogen-bond donors (Lipinski definition) is 0. The first-order valence-electron chi connectivity index (χ1n) is 12.7. The molecule has 2 aromatic carbocycles. The minimum Gasteiger partial charge on any atom is -0.466 e. The average Bonchev–Trinajstić information content (AvgIpc) is 3.69. The SMILES string of the molecule is CCN1C(=O)/C(=c2\sc3n(c2=O)C(c2ccc(OC(=O)c4ccco4)cc2)C(C(=O)OC)=C(C)N=3)c2ccccc21. The maximum atomic E-state index is 14.1. The number of furan rings is 1. The molecule has 206 valence electrons. The molecule has 1 unspecified atom stereocenters. The number of rotatable bonds is 5. The van der Waals surface area contributed by atoms with E-state index in [1.807, 2.05) is 31.2 Å². The lowest BCUT2D eigenvalue weighted by molar-refractivity contribution is -0.136. The lowest BCUT2D eigenvalue weighted by Crippen LogP contribution is -2.40. The number of thiazole rings is 1. The van der Waals surface area contributed by atoms with Crippen LogP contribution >= 0.6 is 11.3 Å². The van der Waals surface area contributed by atoms with Crippen molar-refractivity contribution in [3.05, 3.63) is 115 Å². The molecule has 10 nitrogen and oxygen atoms in total. The number of methoxy groups -OCH3 is 1. The van der Waals surface area contributed by atoms with E-state index in [0.29, 0.717) is 33.7 Å². The molecule has 4 heterocycles. The first-order chi connectivity index (χ1) is 19.8. The number of esters is 2. The van der Waals surface area contributed by atoms with Gasteiger partial charge in [0.05, 0.1) is 41.9 Å². The molecule has 0 bridgehead atoms. The second-order valence-electron chi connectivity index (χ2n) is 9.27. The van der Waals surface area contributed by atoms with Gasteiger partial charge < -0.3 is 18.8 Å². The Morgan fingerprint density at radius 2 is 1.78 bits per heavy atom. The first kappa shape index (κ1) is 26.2. The summed E-state index contributed by atoms with van der Waals surface area (Å²) < 4.78 is 17.2. The normalized spacial score (nSPS) is 17.2.